The van der Waals surface area contributed by atoms with Crippen LogP contribution in [0.5, 0.6) is 0 Å². The summed E-state index contributed by atoms with van der Waals surface area (Å²) >= 11 is 8.52. The molecule has 0 saturated carbocycles. The molecule has 1 N–H and O–H groups in total. The molecule has 0 radical (unpaired) electrons. The van der Waals surface area contributed by atoms with E-state index in [0.29, 0.717) is 0 Å². The first-order chi connectivity index (χ1) is 6.91. The minimum Gasteiger partial charge on any atom is -0.481 e. The molecule has 0 fully saturated rings. The zero-order valence-electron chi connectivity index (χ0n) is 7.18. The van der Waals surface area contributed by atoms with E-state index < -0.39 is 24.4 Å². The number of rotatable bonds is 3. The van der Waals surface area contributed by atoms with Crippen LogP contribution in [0.4, 0.5) is 8.78 Å². The van der Waals surface area contributed by atoms with Gasteiger partial charge in [0.25, 0.3) is 6.43 Å². The topological polar surface area (TPSA) is 50.2 Å². The molecule has 0 spiro atoms. The van der Waals surface area contributed by atoms with Gasteiger partial charge in [-0.2, -0.15) is 0 Å². The summed E-state index contributed by atoms with van der Waals surface area (Å²) in [4.78, 5) is 14.1. The van der Waals surface area contributed by atoms with Gasteiger partial charge in [-0.15, -0.1) is 0 Å². The molecule has 0 aromatic carbocycles. The Bertz CT molecular complexity index is 400. The number of carbonyl (C=O) groups is 1. The normalized spacial score (nSPS) is 10.7. The molecule has 1 heterocycles. The van der Waals surface area contributed by atoms with Crippen LogP contribution >= 0.6 is 27.5 Å². The van der Waals surface area contributed by atoms with Crippen molar-refractivity contribution in [2.45, 2.75) is 12.8 Å². The Morgan fingerprint density at radius 3 is 2.73 bits per heavy atom. The highest BCUT2D eigenvalue weighted by Gasteiger charge is 2.20. The number of carboxylic acids is 1. The molecule has 0 bridgehead atoms. The second-order valence-corrected chi connectivity index (χ2v) is 3.88. The molecule has 0 unspecified atom stereocenters. The largest absolute Gasteiger partial charge is 0.481 e. The Labute approximate surface area is 97.2 Å². The van der Waals surface area contributed by atoms with Gasteiger partial charge in [-0.05, 0) is 22.0 Å². The first-order valence-electron chi connectivity index (χ1n) is 3.76. The molecular formula is C8H5BrClF2NO2. The van der Waals surface area contributed by atoms with Crippen molar-refractivity contribution in [2.24, 2.45) is 0 Å². The van der Waals surface area contributed by atoms with Crippen LogP contribution < -0.4 is 0 Å². The lowest BCUT2D eigenvalue weighted by Gasteiger charge is -2.08. The summed E-state index contributed by atoms with van der Waals surface area (Å²) in [6, 6.07) is 1.20. The van der Waals surface area contributed by atoms with Crippen molar-refractivity contribution in [2.75, 3.05) is 0 Å². The summed E-state index contributed by atoms with van der Waals surface area (Å²) in [5.41, 5.74) is -0.751. The van der Waals surface area contributed by atoms with Gasteiger partial charge in [0.1, 0.15) is 4.60 Å². The third-order valence-corrected chi connectivity index (χ3v) is 2.31. The van der Waals surface area contributed by atoms with Gasteiger partial charge in [0.2, 0.25) is 0 Å². The van der Waals surface area contributed by atoms with E-state index in [0.717, 1.165) is 0 Å². The summed E-state index contributed by atoms with van der Waals surface area (Å²) in [5, 5.41) is 8.32. The number of aromatic nitrogens is 1. The number of halogens is 4. The van der Waals surface area contributed by atoms with Crippen LogP contribution in [0.2, 0.25) is 5.02 Å². The average Bonchev–Trinajstić information content (AvgIpc) is 1.99. The zero-order valence-corrected chi connectivity index (χ0v) is 9.52. The van der Waals surface area contributed by atoms with E-state index in [1.54, 1.807) is 0 Å². The molecule has 82 valence electrons. The van der Waals surface area contributed by atoms with Crippen molar-refractivity contribution in [1.82, 2.24) is 4.98 Å². The lowest BCUT2D eigenvalue weighted by molar-refractivity contribution is -0.136. The number of aliphatic carboxylic acids is 1. The molecule has 1 aromatic rings. The molecule has 1 aromatic heterocycles. The van der Waals surface area contributed by atoms with Gasteiger partial charge in [0.15, 0.2) is 0 Å². The quantitative estimate of drug-likeness (QED) is 0.873. The van der Waals surface area contributed by atoms with Gasteiger partial charge in [0.05, 0.1) is 22.7 Å². The molecule has 0 saturated heterocycles. The Kier molecular flexibility index (Phi) is 3.98. The number of nitrogens with zero attached hydrogens (tertiary/aromatic N) is 1. The van der Waals surface area contributed by atoms with Crippen molar-refractivity contribution in [1.29, 1.82) is 0 Å². The van der Waals surface area contributed by atoms with E-state index in [9.17, 15) is 13.6 Å². The van der Waals surface area contributed by atoms with Gasteiger partial charge in [-0.25, -0.2) is 13.8 Å². The average molecular weight is 300 g/mol. The van der Waals surface area contributed by atoms with Crippen LogP contribution in [0.3, 0.4) is 0 Å². The molecule has 0 aliphatic heterocycles. The van der Waals surface area contributed by atoms with Crippen LogP contribution in [-0.4, -0.2) is 16.1 Å². The molecule has 0 aliphatic rings. The van der Waals surface area contributed by atoms with Gasteiger partial charge >= 0.3 is 5.97 Å². The van der Waals surface area contributed by atoms with Crippen LogP contribution in [-0.2, 0) is 11.2 Å². The highest BCUT2D eigenvalue weighted by molar-refractivity contribution is 9.10. The molecule has 15 heavy (non-hydrogen) atoms. The third-order valence-electron chi connectivity index (χ3n) is 1.59. The number of carboxylic acid groups (broad SMARTS) is 1. The lowest BCUT2D eigenvalue weighted by Crippen LogP contribution is -2.07. The predicted molar refractivity (Wildman–Crippen MR) is 53.2 cm³/mol. The minimum atomic E-state index is -2.84. The van der Waals surface area contributed by atoms with E-state index in [2.05, 4.69) is 20.9 Å². The summed E-state index contributed by atoms with van der Waals surface area (Å²) in [6.45, 7) is 0. The van der Waals surface area contributed by atoms with Gasteiger partial charge < -0.3 is 5.11 Å². The summed E-state index contributed by atoms with van der Waals surface area (Å²) < 4.78 is 25.3. The van der Waals surface area contributed by atoms with Crippen LogP contribution in [0, 0.1) is 0 Å². The third kappa shape index (κ3) is 3.10. The first kappa shape index (κ1) is 12.3. The summed E-state index contributed by atoms with van der Waals surface area (Å²) in [6.07, 6.45) is -3.42. The number of alkyl halides is 2. The van der Waals surface area contributed by atoms with E-state index in [4.69, 9.17) is 16.7 Å². The van der Waals surface area contributed by atoms with E-state index in [-0.39, 0.29) is 15.3 Å². The smallest absolute Gasteiger partial charge is 0.309 e. The van der Waals surface area contributed by atoms with E-state index >= 15 is 0 Å². The molecule has 0 aliphatic carbocycles. The summed E-state index contributed by atoms with van der Waals surface area (Å²) in [5.74, 6) is -1.24. The molecule has 0 atom stereocenters. The fraction of sp³-hybridized carbons (Fsp3) is 0.250. The maximum atomic E-state index is 12.5. The van der Waals surface area contributed by atoms with Crippen molar-refractivity contribution in [3.63, 3.8) is 0 Å². The van der Waals surface area contributed by atoms with Gasteiger partial charge in [-0.3, -0.25) is 4.79 Å². The van der Waals surface area contributed by atoms with Gasteiger partial charge in [0, 0.05) is 0 Å². The second kappa shape index (κ2) is 4.85. The second-order valence-electron chi connectivity index (χ2n) is 2.66. The highest BCUT2D eigenvalue weighted by atomic mass is 79.9. The van der Waals surface area contributed by atoms with Crippen molar-refractivity contribution >= 4 is 33.5 Å². The predicted octanol–water partition coefficient (Wildman–Crippen LogP) is 3.06. The maximum absolute atomic E-state index is 12.5. The fourth-order valence-electron chi connectivity index (χ4n) is 1.05. The molecule has 7 heteroatoms. The molecule has 0 amide bonds. The Hall–Kier alpha value is -0.750. The summed E-state index contributed by atoms with van der Waals surface area (Å²) in [7, 11) is 0. The molecule has 3 nitrogen and oxygen atoms in total. The van der Waals surface area contributed by atoms with Crippen LogP contribution in [0.25, 0.3) is 0 Å². The van der Waals surface area contributed by atoms with E-state index in [1.807, 2.05) is 0 Å². The Morgan fingerprint density at radius 1 is 1.67 bits per heavy atom. The Balaban J connectivity index is 3.26. The Morgan fingerprint density at radius 2 is 2.27 bits per heavy atom. The monoisotopic (exact) mass is 299 g/mol. The van der Waals surface area contributed by atoms with Crippen LogP contribution in [0.1, 0.15) is 17.7 Å². The number of pyridine rings is 1. The fourth-order valence-corrected chi connectivity index (χ4v) is 1.92. The number of hydrogen-bond acceptors (Lipinski definition) is 2. The maximum Gasteiger partial charge on any atom is 0.309 e. The zero-order chi connectivity index (χ0) is 11.6. The van der Waals surface area contributed by atoms with Crippen LogP contribution in [0.15, 0.2) is 10.7 Å². The SMILES string of the molecule is O=C(O)Cc1nc(Br)cc(Cl)c1C(F)F. The van der Waals surface area contributed by atoms with Gasteiger partial charge in [-0.1, -0.05) is 11.6 Å². The lowest BCUT2D eigenvalue weighted by atomic mass is 10.1. The van der Waals surface area contributed by atoms with Crippen molar-refractivity contribution in [3.05, 3.63) is 26.9 Å². The number of hydrogen-bond donors (Lipinski definition) is 1. The molecular weight excluding hydrogens is 295 g/mol. The highest BCUT2D eigenvalue weighted by Crippen LogP contribution is 2.31. The van der Waals surface area contributed by atoms with E-state index in [1.165, 1.54) is 6.07 Å². The van der Waals surface area contributed by atoms with Crippen molar-refractivity contribution < 1.29 is 18.7 Å². The minimum absolute atomic E-state index is 0.192. The van der Waals surface area contributed by atoms with Crippen molar-refractivity contribution in [3.8, 4) is 0 Å². The standard InChI is InChI=1S/C8H5BrClF2NO2/c9-5-1-3(10)7(8(11)12)4(13-5)2-6(14)15/h1,8H,2H2,(H,14,15). The molecule has 1 rings (SSSR count). The first-order valence-corrected chi connectivity index (χ1v) is 4.93.